The van der Waals surface area contributed by atoms with Gasteiger partial charge in [0.15, 0.2) is 0 Å². The first-order valence-electron chi connectivity index (χ1n) is 5.58. The Bertz CT molecular complexity index is 507. The maximum Gasteiger partial charge on any atom is 0.323 e. The molecule has 0 aliphatic carbocycles. The molecule has 3 heteroatoms. The van der Waals surface area contributed by atoms with E-state index in [0.29, 0.717) is 5.92 Å². The van der Waals surface area contributed by atoms with Crippen molar-refractivity contribution in [2.24, 2.45) is 0 Å². The minimum atomic E-state index is -0.166. The zero-order chi connectivity index (χ0) is 11.5. The average molecular weight is 216 g/mol. The number of hydrogen-bond donors (Lipinski definition) is 2. The Morgan fingerprint density at radius 3 is 2.44 bits per heavy atom. The van der Waals surface area contributed by atoms with Gasteiger partial charge < -0.3 is 9.97 Å². The third-order valence-electron chi connectivity index (χ3n) is 3.00. The van der Waals surface area contributed by atoms with E-state index in [1.807, 2.05) is 12.1 Å². The van der Waals surface area contributed by atoms with Gasteiger partial charge in [-0.05, 0) is 23.5 Å². The van der Waals surface area contributed by atoms with Gasteiger partial charge in [-0.1, -0.05) is 38.1 Å². The van der Waals surface area contributed by atoms with Crippen LogP contribution < -0.4 is 5.69 Å². The molecule has 1 unspecified atom stereocenters. The summed E-state index contributed by atoms with van der Waals surface area (Å²) in [6.07, 6.45) is 2.83. The summed E-state index contributed by atoms with van der Waals surface area (Å²) in [5, 5.41) is 0. The first-order valence-corrected chi connectivity index (χ1v) is 5.58. The highest BCUT2D eigenvalue weighted by Crippen LogP contribution is 2.22. The fourth-order valence-corrected chi connectivity index (χ4v) is 1.71. The quantitative estimate of drug-likeness (QED) is 0.814. The van der Waals surface area contributed by atoms with Gasteiger partial charge >= 0.3 is 5.69 Å². The van der Waals surface area contributed by atoms with Crippen LogP contribution in [0.15, 0.2) is 35.3 Å². The van der Waals surface area contributed by atoms with Crippen LogP contribution in [0.4, 0.5) is 0 Å². The molecular weight excluding hydrogens is 200 g/mol. The minimum absolute atomic E-state index is 0.166. The Hall–Kier alpha value is -1.77. The Balaban J connectivity index is 2.29. The smallest absolute Gasteiger partial charge is 0.312 e. The van der Waals surface area contributed by atoms with Gasteiger partial charge in [0.05, 0.1) is 5.69 Å². The van der Waals surface area contributed by atoms with E-state index in [1.165, 1.54) is 5.56 Å². The lowest BCUT2D eigenvalue weighted by atomic mass is 9.97. The highest BCUT2D eigenvalue weighted by molar-refractivity contribution is 5.58. The molecule has 0 saturated heterocycles. The minimum Gasteiger partial charge on any atom is -0.312 e. The van der Waals surface area contributed by atoms with Crippen molar-refractivity contribution < 1.29 is 0 Å². The number of nitrogens with one attached hydrogen (secondary N) is 2. The van der Waals surface area contributed by atoms with E-state index < -0.39 is 0 Å². The summed E-state index contributed by atoms with van der Waals surface area (Å²) in [7, 11) is 0. The molecule has 2 rings (SSSR count). The zero-order valence-corrected chi connectivity index (χ0v) is 9.58. The molecule has 0 bridgehead atoms. The Kier molecular flexibility index (Phi) is 2.95. The van der Waals surface area contributed by atoms with Crippen LogP contribution in [0.2, 0.25) is 0 Å². The largest absolute Gasteiger partial charge is 0.323 e. The van der Waals surface area contributed by atoms with Crippen molar-refractivity contribution in [1.82, 2.24) is 9.97 Å². The lowest BCUT2D eigenvalue weighted by Gasteiger charge is -2.08. The van der Waals surface area contributed by atoms with Crippen LogP contribution in [0.5, 0.6) is 0 Å². The number of aromatic nitrogens is 2. The number of H-pyrrole nitrogens is 2. The number of aromatic amines is 2. The Labute approximate surface area is 94.5 Å². The van der Waals surface area contributed by atoms with Crippen molar-refractivity contribution >= 4 is 0 Å². The monoisotopic (exact) mass is 216 g/mol. The second-order valence-electron chi connectivity index (χ2n) is 4.09. The van der Waals surface area contributed by atoms with Crippen LogP contribution in [0.25, 0.3) is 11.3 Å². The molecule has 84 valence electrons. The zero-order valence-electron chi connectivity index (χ0n) is 9.58. The molecule has 3 nitrogen and oxygen atoms in total. The third-order valence-corrected chi connectivity index (χ3v) is 3.00. The predicted molar refractivity (Wildman–Crippen MR) is 65.6 cm³/mol. The second-order valence-corrected chi connectivity index (χ2v) is 4.09. The van der Waals surface area contributed by atoms with Crippen LogP contribution in [0.3, 0.4) is 0 Å². The summed E-state index contributed by atoms with van der Waals surface area (Å²) >= 11 is 0. The van der Waals surface area contributed by atoms with Crippen LogP contribution >= 0.6 is 0 Å². The predicted octanol–water partition coefficient (Wildman–Crippen LogP) is 2.88. The van der Waals surface area contributed by atoms with Gasteiger partial charge in [0, 0.05) is 6.20 Å². The average Bonchev–Trinajstić information content (AvgIpc) is 2.75. The summed E-state index contributed by atoms with van der Waals surface area (Å²) in [5.41, 5.74) is 3.04. The maximum absolute atomic E-state index is 11.0. The van der Waals surface area contributed by atoms with E-state index in [-0.39, 0.29) is 5.69 Å². The van der Waals surface area contributed by atoms with Gasteiger partial charge in [0.2, 0.25) is 0 Å². The van der Waals surface area contributed by atoms with Gasteiger partial charge in [-0.2, -0.15) is 0 Å². The summed E-state index contributed by atoms with van der Waals surface area (Å²) < 4.78 is 0. The number of benzene rings is 1. The lowest BCUT2D eigenvalue weighted by Crippen LogP contribution is -2.00. The molecule has 0 aliphatic heterocycles. The summed E-state index contributed by atoms with van der Waals surface area (Å²) in [4.78, 5) is 16.3. The van der Waals surface area contributed by atoms with E-state index in [0.717, 1.165) is 17.7 Å². The van der Waals surface area contributed by atoms with Gasteiger partial charge in [0.25, 0.3) is 0 Å². The van der Waals surface area contributed by atoms with Crippen molar-refractivity contribution in [2.45, 2.75) is 26.2 Å². The van der Waals surface area contributed by atoms with Gasteiger partial charge in [-0.25, -0.2) is 4.79 Å². The van der Waals surface area contributed by atoms with E-state index >= 15 is 0 Å². The van der Waals surface area contributed by atoms with Crippen LogP contribution in [-0.4, -0.2) is 9.97 Å². The molecule has 0 amide bonds. The molecule has 1 aromatic heterocycles. The van der Waals surface area contributed by atoms with Crippen molar-refractivity contribution in [2.75, 3.05) is 0 Å². The Morgan fingerprint density at radius 1 is 1.25 bits per heavy atom. The number of imidazole rings is 1. The van der Waals surface area contributed by atoms with Crippen molar-refractivity contribution in [1.29, 1.82) is 0 Å². The molecule has 2 N–H and O–H groups in total. The van der Waals surface area contributed by atoms with Crippen molar-refractivity contribution in [3.05, 3.63) is 46.5 Å². The molecule has 1 heterocycles. The van der Waals surface area contributed by atoms with Gasteiger partial charge in [-0.3, -0.25) is 0 Å². The summed E-state index contributed by atoms with van der Waals surface area (Å²) in [6.45, 7) is 4.40. The topological polar surface area (TPSA) is 48.6 Å². The molecule has 1 atom stereocenters. The first kappa shape index (κ1) is 10.7. The van der Waals surface area contributed by atoms with E-state index in [9.17, 15) is 4.79 Å². The molecule has 0 fully saturated rings. The molecule has 0 saturated carbocycles. The standard InChI is InChI=1S/C13H16N2O/c1-3-9(2)10-4-6-11(7-5-10)12-8-14-13(16)15-12/h4-9H,3H2,1-2H3,(H2,14,15,16). The molecular formula is C13H16N2O. The van der Waals surface area contributed by atoms with Crippen LogP contribution in [0, 0.1) is 0 Å². The van der Waals surface area contributed by atoms with Crippen LogP contribution in [-0.2, 0) is 0 Å². The normalized spacial score (nSPS) is 12.6. The summed E-state index contributed by atoms with van der Waals surface area (Å²) in [6, 6.07) is 8.32. The fourth-order valence-electron chi connectivity index (χ4n) is 1.71. The SMILES string of the molecule is CCC(C)c1ccc(-c2c[nH]c(=O)[nH]2)cc1. The highest BCUT2D eigenvalue weighted by atomic mass is 16.1. The van der Waals surface area contributed by atoms with E-state index in [4.69, 9.17) is 0 Å². The summed E-state index contributed by atoms with van der Waals surface area (Å²) in [5.74, 6) is 0.583. The molecule has 0 radical (unpaired) electrons. The van der Waals surface area contributed by atoms with Crippen LogP contribution in [0.1, 0.15) is 31.7 Å². The van der Waals surface area contributed by atoms with E-state index in [2.05, 4.69) is 35.9 Å². The van der Waals surface area contributed by atoms with E-state index in [1.54, 1.807) is 6.20 Å². The molecule has 16 heavy (non-hydrogen) atoms. The molecule has 2 aromatic rings. The molecule has 0 aliphatic rings. The molecule has 0 spiro atoms. The first-order chi connectivity index (χ1) is 7.70. The number of hydrogen-bond acceptors (Lipinski definition) is 1. The van der Waals surface area contributed by atoms with Gasteiger partial charge in [0.1, 0.15) is 0 Å². The second kappa shape index (κ2) is 4.39. The van der Waals surface area contributed by atoms with Gasteiger partial charge in [-0.15, -0.1) is 0 Å². The number of rotatable bonds is 3. The van der Waals surface area contributed by atoms with Crippen molar-refractivity contribution in [3.8, 4) is 11.3 Å². The lowest BCUT2D eigenvalue weighted by molar-refractivity contribution is 0.734. The molecule has 1 aromatic carbocycles. The third kappa shape index (κ3) is 2.08. The maximum atomic E-state index is 11.0. The van der Waals surface area contributed by atoms with Crippen molar-refractivity contribution in [3.63, 3.8) is 0 Å². The fraction of sp³-hybridized carbons (Fsp3) is 0.308. The Morgan fingerprint density at radius 2 is 1.94 bits per heavy atom. The highest BCUT2D eigenvalue weighted by Gasteiger charge is 2.04.